The van der Waals surface area contributed by atoms with Crippen LogP contribution in [0.2, 0.25) is 0 Å². The number of anilines is 2. The summed E-state index contributed by atoms with van der Waals surface area (Å²) in [4.78, 5) is 17.6. The van der Waals surface area contributed by atoms with E-state index in [1.165, 1.54) is 0 Å². The molecule has 1 aromatic carbocycles. The Morgan fingerprint density at radius 1 is 0.826 bits per heavy atom. The number of phenolic OH excluding ortho intramolecular Hbond substituents is 1. The van der Waals surface area contributed by atoms with Crippen LogP contribution in [0.3, 0.4) is 0 Å². The quantitative estimate of drug-likeness (QED) is 0.782. The molecule has 116 valence electrons. The number of rotatable bonds is 2. The van der Waals surface area contributed by atoms with E-state index in [0.717, 1.165) is 43.3 Å². The van der Waals surface area contributed by atoms with Crippen LogP contribution in [0.15, 0.2) is 48.8 Å². The van der Waals surface area contributed by atoms with Crippen LogP contribution in [0, 0.1) is 0 Å². The van der Waals surface area contributed by atoms with Crippen molar-refractivity contribution in [2.24, 2.45) is 0 Å². The summed E-state index contributed by atoms with van der Waals surface area (Å²) in [5.74, 6) is 1.89. The van der Waals surface area contributed by atoms with Crippen molar-refractivity contribution in [3.63, 3.8) is 0 Å². The van der Waals surface area contributed by atoms with Crippen molar-refractivity contribution >= 4 is 22.7 Å². The highest BCUT2D eigenvalue weighted by molar-refractivity contribution is 5.85. The van der Waals surface area contributed by atoms with E-state index in [0.29, 0.717) is 5.52 Å². The summed E-state index contributed by atoms with van der Waals surface area (Å²) in [5, 5.41) is 10.9. The molecular weight excluding hydrogens is 290 g/mol. The van der Waals surface area contributed by atoms with Crippen LogP contribution in [0.1, 0.15) is 0 Å². The topological polar surface area (TPSA) is 65.4 Å². The van der Waals surface area contributed by atoms with Crippen molar-refractivity contribution < 1.29 is 5.11 Å². The molecule has 0 aliphatic carbocycles. The highest BCUT2D eigenvalue weighted by atomic mass is 16.3. The third-order valence-corrected chi connectivity index (χ3v) is 4.12. The number of piperazine rings is 1. The first-order valence-electron chi connectivity index (χ1n) is 7.67. The molecule has 2 aromatic heterocycles. The van der Waals surface area contributed by atoms with Gasteiger partial charge in [-0.3, -0.25) is 0 Å². The summed E-state index contributed by atoms with van der Waals surface area (Å²) < 4.78 is 0. The van der Waals surface area contributed by atoms with Crippen molar-refractivity contribution in [2.75, 3.05) is 36.0 Å². The summed E-state index contributed by atoms with van der Waals surface area (Å²) in [7, 11) is 0. The van der Waals surface area contributed by atoms with E-state index in [-0.39, 0.29) is 5.75 Å². The maximum Gasteiger partial charge on any atom is 0.225 e. The SMILES string of the molecule is Oc1cccc2ccc(N3CCN(c4ncccn4)CC3)nc12. The summed E-state index contributed by atoms with van der Waals surface area (Å²) >= 11 is 0. The number of hydrogen-bond donors (Lipinski definition) is 1. The van der Waals surface area contributed by atoms with Crippen LogP contribution in [0.4, 0.5) is 11.8 Å². The van der Waals surface area contributed by atoms with E-state index in [1.807, 2.05) is 30.3 Å². The predicted molar refractivity (Wildman–Crippen MR) is 89.9 cm³/mol. The van der Waals surface area contributed by atoms with Crippen LogP contribution >= 0.6 is 0 Å². The minimum atomic E-state index is 0.223. The minimum absolute atomic E-state index is 0.223. The lowest BCUT2D eigenvalue weighted by Gasteiger charge is -2.35. The third-order valence-electron chi connectivity index (χ3n) is 4.12. The molecular formula is C17H17N5O. The average Bonchev–Trinajstić information content (AvgIpc) is 2.63. The van der Waals surface area contributed by atoms with Crippen LogP contribution in [0.5, 0.6) is 5.75 Å². The molecule has 0 saturated carbocycles. The fraction of sp³-hybridized carbons (Fsp3) is 0.235. The number of hydrogen-bond acceptors (Lipinski definition) is 6. The molecule has 3 heterocycles. The molecule has 0 unspecified atom stereocenters. The fourth-order valence-electron chi connectivity index (χ4n) is 2.89. The van der Waals surface area contributed by atoms with Gasteiger partial charge >= 0.3 is 0 Å². The van der Waals surface area contributed by atoms with Crippen molar-refractivity contribution in [3.05, 3.63) is 48.8 Å². The van der Waals surface area contributed by atoms with Crippen molar-refractivity contribution in [1.29, 1.82) is 0 Å². The van der Waals surface area contributed by atoms with Gasteiger partial charge in [0.15, 0.2) is 0 Å². The molecule has 4 rings (SSSR count). The maximum absolute atomic E-state index is 9.98. The zero-order chi connectivity index (χ0) is 15.6. The lowest BCUT2D eigenvalue weighted by molar-refractivity contribution is 0.480. The van der Waals surface area contributed by atoms with Gasteiger partial charge in [0.2, 0.25) is 5.95 Å². The first-order valence-corrected chi connectivity index (χ1v) is 7.67. The largest absolute Gasteiger partial charge is 0.506 e. The molecule has 0 atom stereocenters. The zero-order valence-corrected chi connectivity index (χ0v) is 12.6. The van der Waals surface area contributed by atoms with E-state index >= 15 is 0 Å². The molecule has 1 aliphatic heterocycles. The van der Waals surface area contributed by atoms with Crippen LogP contribution in [-0.2, 0) is 0 Å². The molecule has 0 spiro atoms. The summed E-state index contributed by atoms with van der Waals surface area (Å²) in [6.45, 7) is 3.41. The minimum Gasteiger partial charge on any atom is -0.506 e. The molecule has 1 saturated heterocycles. The molecule has 1 fully saturated rings. The van der Waals surface area contributed by atoms with Gasteiger partial charge in [-0.15, -0.1) is 0 Å². The van der Waals surface area contributed by atoms with Gasteiger partial charge in [0, 0.05) is 44.0 Å². The number of fused-ring (bicyclic) bond motifs is 1. The van der Waals surface area contributed by atoms with Gasteiger partial charge in [0.25, 0.3) is 0 Å². The lowest BCUT2D eigenvalue weighted by atomic mass is 10.2. The van der Waals surface area contributed by atoms with E-state index in [1.54, 1.807) is 18.5 Å². The fourth-order valence-corrected chi connectivity index (χ4v) is 2.89. The Morgan fingerprint density at radius 3 is 2.35 bits per heavy atom. The predicted octanol–water partition coefficient (Wildman–Crippen LogP) is 2.06. The first-order chi connectivity index (χ1) is 11.3. The third kappa shape index (κ3) is 2.63. The average molecular weight is 307 g/mol. The number of nitrogens with zero attached hydrogens (tertiary/aromatic N) is 5. The molecule has 0 amide bonds. The van der Waals surface area contributed by atoms with Gasteiger partial charge in [-0.1, -0.05) is 12.1 Å². The molecule has 6 nitrogen and oxygen atoms in total. The van der Waals surface area contributed by atoms with Crippen molar-refractivity contribution in [3.8, 4) is 5.75 Å². The first kappa shape index (κ1) is 13.8. The second-order valence-corrected chi connectivity index (χ2v) is 5.54. The van der Waals surface area contributed by atoms with Crippen molar-refractivity contribution in [2.45, 2.75) is 0 Å². The second-order valence-electron chi connectivity index (χ2n) is 5.54. The Balaban J connectivity index is 1.53. The smallest absolute Gasteiger partial charge is 0.225 e. The van der Waals surface area contributed by atoms with Gasteiger partial charge in [0.05, 0.1) is 0 Å². The Hall–Kier alpha value is -2.89. The normalized spacial score (nSPS) is 15.1. The molecule has 3 aromatic rings. The molecule has 0 radical (unpaired) electrons. The van der Waals surface area contributed by atoms with E-state index < -0.39 is 0 Å². The number of para-hydroxylation sites is 1. The Morgan fingerprint density at radius 2 is 1.57 bits per heavy atom. The van der Waals surface area contributed by atoms with E-state index in [4.69, 9.17) is 0 Å². The number of aromatic nitrogens is 3. The summed E-state index contributed by atoms with van der Waals surface area (Å²) in [6.07, 6.45) is 3.53. The number of pyridine rings is 1. The lowest BCUT2D eigenvalue weighted by Crippen LogP contribution is -2.47. The van der Waals surface area contributed by atoms with Crippen LogP contribution in [-0.4, -0.2) is 46.2 Å². The number of phenols is 1. The van der Waals surface area contributed by atoms with Gasteiger partial charge in [0.1, 0.15) is 17.1 Å². The Labute approximate surface area is 134 Å². The van der Waals surface area contributed by atoms with Crippen LogP contribution in [0.25, 0.3) is 10.9 Å². The van der Waals surface area contributed by atoms with Gasteiger partial charge in [-0.25, -0.2) is 15.0 Å². The van der Waals surface area contributed by atoms with Crippen molar-refractivity contribution in [1.82, 2.24) is 15.0 Å². The number of aromatic hydroxyl groups is 1. The second kappa shape index (κ2) is 5.72. The van der Waals surface area contributed by atoms with Gasteiger partial charge in [-0.05, 0) is 24.3 Å². The summed E-state index contributed by atoms with van der Waals surface area (Å²) in [6, 6.07) is 11.3. The number of benzene rings is 1. The Kier molecular flexibility index (Phi) is 3.42. The highest BCUT2D eigenvalue weighted by Gasteiger charge is 2.20. The highest BCUT2D eigenvalue weighted by Crippen LogP contribution is 2.25. The molecule has 1 aliphatic rings. The molecule has 6 heteroatoms. The molecule has 1 N–H and O–H groups in total. The standard InChI is InChI=1S/C17H17N5O/c23-14-4-1-3-13-5-6-15(20-16(13)14)21-9-11-22(12-10-21)17-18-7-2-8-19-17/h1-8,23H,9-12H2. The maximum atomic E-state index is 9.98. The zero-order valence-electron chi connectivity index (χ0n) is 12.6. The summed E-state index contributed by atoms with van der Waals surface area (Å²) in [5.41, 5.74) is 0.652. The van der Waals surface area contributed by atoms with E-state index in [9.17, 15) is 5.11 Å². The van der Waals surface area contributed by atoms with E-state index in [2.05, 4.69) is 24.8 Å². The molecule has 0 bridgehead atoms. The molecule has 23 heavy (non-hydrogen) atoms. The van der Waals surface area contributed by atoms with Crippen LogP contribution < -0.4 is 9.80 Å². The van der Waals surface area contributed by atoms with Gasteiger partial charge in [-0.2, -0.15) is 0 Å². The van der Waals surface area contributed by atoms with Gasteiger partial charge < -0.3 is 14.9 Å². The Bertz CT molecular complexity index is 816. The monoisotopic (exact) mass is 307 g/mol.